The number of rotatable bonds is 6. The number of aromatic nitrogens is 1. The second-order valence-corrected chi connectivity index (χ2v) is 7.06. The molecule has 0 radical (unpaired) electrons. The number of hydrogen-bond donors (Lipinski definition) is 0. The quantitative estimate of drug-likeness (QED) is 0.807. The van der Waals surface area contributed by atoms with E-state index in [0.29, 0.717) is 18.1 Å². The second-order valence-electron chi connectivity index (χ2n) is 7.06. The SMILES string of the molecule is CC(C)c1cnc(CN(C)[C@H]2CCN(C[C@@H]3CCCO3)C2)o1. The molecule has 5 heteroatoms. The molecule has 1 aromatic rings. The molecule has 2 atom stereocenters. The largest absolute Gasteiger partial charge is 0.444 e. The van der Waals surface area contributed by atoms with Crippen molar-refractivity contribution in [2.24, 2.45) is 0 Å². The van der Waals surface area contributed by atoms with Crippen molar-refractivity contribution in [1.82, 2.24) is 14.8 Å². The number of likely N-dealkylation sites (tertiary alicyclic amines) is 1. The molecule has 3 heterocycles. The van der Waals surface area contributed by atoms with E-state index in [1.807, 2.05) is 6.20 Å². The third kappa shape index (κ3) is 3.89. The van der Waals surface area contributed by atoms with Gasteiger partial charge in [-0.15, -0.1) is 0 Å². The Morgan fingerprint density at radius 2 is 2.27 bits per heavy atom. The molecule has 0 unspecified atom stereocenters. The van der Waals surface area contributed by atoms with Crippen LogP contribution in [0.5, 0.6) is 0 Å². The summed E-state index contributed by atoms with van der Waals surface area (Å²) in [6.07, 6.45) is 6.01. The molecule has 0 aliphatic carbocycles. The smallest absolute Gasteiger partial charge is 0.208 e. The molecule has 0 spiro atoms. The van der Waals surface area contributed by atoms with Crippen molar-refractivity contribution in [3.8, 4) is 0 Å². The Bertz CT molecular complexity index is 468. The Balaban J connectivity index is 1.47. The van der Waals surface area contributed by atoms with Crippen LogP contribution < -0.4 is 0 Å². The van der Waals surface area contributed by atoms with Gasteiger partial charge in [-0.25, -0.2) is 4.98 Å². The Morgan fingerprint density at radius 1 is 1.41 bits per heavy atom. The Labute approximate surface area is 133 Å². The van der Waals surface area contributed by atoms with E-state index in [1.165, 1.54) is 25.8 Å². The lowest BCUT2D eigenvalue weighted by atomic mass is 10.2. The molecule has 22 heavy (non-hydrogen) atoms. The summed E-state index contributed by atoms with van der Waals surface area (Å²) in [5, 5.41) is 0. The fourth-order valence-electron chi connectivity index (χ4n) is 3.42. The second kappa shape index (κ2) is 7.11. The van der Waals surface area contributed by atoms with Gasteiger partial charge in [0.05, 0.1) is 18.8 Å². The summed E-state index contributed by atoms with van der Waals surface area (Å²) in [7, 11) is 2.18. The van der Waals surface area contributed by atoms with Gasteiger partial charge in [0, 0.05) is 31.7 Å². The van der Waals surface area contributed by atoms with Crippen LogP contribution >= 0.6 is 0 Å². The molecule has 0 aromatic carbocycles. The van der Waals surface area contributed by atoms with Crippen molar-refractivity contribution in [3.63, 3.8) is 0 Å². The first-order chi connectivity index (χ1) is 10.6. The maximum atomic E-state index is 5.82. The first-order valence-corrected chi connectivity index (χ1v) is 8.60. The molecule has 0 saturated carbocycles. The lowest BCUT2D eigenvalue weighted by Crippen LogP contribution is -2.36. The zero-order valence-corrected chi connectivity index (χ0v) is 14.1. The van der Waals surface area contributed by atoms with Crippen molar-refractivity contribution >= 4 is 0 Å². The first-order valence-electron chi connectivity index (χ1n) is 8.60. The average molecular weight is 307 g/mol. The molecule has 0 N–H and O–H groups in total. The van der Waals surface area contributed by atoms with Crippen LogP contribution in [0.25, 0.3) is 0 Å². The molecule has 0 amide bonds. The number of likely N-dealkylation sites (N-methyl/N-ethyl adjacent to an activating group) is 1. The fraction of sp³-hybridized carbons (Fsp3) is 0.824. The Hall–Kier alpha value is -0.910. The van der Waals surface area contributed by atoms with Crippen LogP contribution in [0, 0.1) is 0 Å². The van der Waals surface area contributed by atoms with E-state index >= 15 is 0 Å². The molecule has 1 aromatic heterocycles. The molecule has 2 aliphatic rings. The normalized spacial score (nSPS) is 26.6. The molecule has 3 rings (SSSR count). The van der Waals surface area contributed by atoms with Crippen LogP contribution in [-0.4, -0.2) is 60.2 Å². The van der Waals surface area contributed by atoms with Crippen LogP contribution in [0.1, 0.15) is 50.7 Å². The summed E-state index contributed by atoms with van der Waals surface area (Å²) in [4.78, 5) is 9.34. The van der Waals surface area contributed by atoms with Gasteiger partial charge in [-0.05, 0) is 32.9 Å². The summed E-state index contributed by atoms with van der Waals surface area (Å²) in [5.41, 5.74) is 0. The van der Waals surface area contributed by atoms with Crippen molar-refractivity contribution in [1.29, 1.82) is 0 Å². The number of oxazole rings is 1. The zero-order valence-electron chi connectivity index (χ0n) is 14.1. The van der Waals surface area contributed by atoms with Crippen molar-refractivity contribution < 1.29 is 9.15 Å². The van der Waals surface area contributed by atoms with Gasteiger partial charge in [-0.1, -0.05) is 13.8 Å². The minimum absolute atomic E-state index is 0.403. The van der Waals surface area contributed by atoms with Crippen molar-refractivity contribution in [3.05, 3.63) is 17.8 Å². The van der Waals surface area contributed by atoms with Gasteiger partial charge < -0.3 is 9.15 Å². The maximum absolute atomic E-state index is 5.82. The summed E-state index contributed by atoms with van der Waals surface area (Å²) in [6.45, 7) is 9.42. The van der Waals surface area contributed by atoms with Crippen LogP contribution in [0.3, 0.4) is 0 Å². The van der Waals surface area contributed by atoms with Gasteiger partial charge in [0.1, 0.15) is 5.76 Å². The standard InChI is InChI=1S/C17H29N3O2/c1-13(2)16-9-18-17(22-16)12-19(3)14-6-7-20(10-14)11-15-5-4-8-21-15/h9,13-15H,4-8,10-12H2,1-3H3/t14-,15-/m0/s1. The van der Waals surface area contributed by atoms with Gasteiger partial charge >= 0.3 is 0 Å². The highest BCUT2D eigenvalue weighted by atomic mass is 16.5. The number of ether oxygens (including phenoxy) is 1. The summed E-state index contributed by atoms with van der Waals surface area (Å²) in [6, 6.07) is 0.593. The molecule has 5 nitrogen and oxygen atoms in total. The van der Waals surface area contributed by atoms with Crippen molar-refractivity contribution in [2.45, 2.75) is 57.7 Å². The monoisotopic (exact) mass is 307 g/mol. The zero-order chi connectivity index (χ0) is 15.5. The lowest BCUT2D eigenvalue weighted by molar-refractivity contribution is 0.0778. The van der Waals surface area contributed by atoms with Gasteiger partial charge in [0.15, 0.2) is 0 Å². The topological polar surface area (TPSA) is 41.7 Å². The van der Waals surface area contributed by atoms with Crippen molar-refractivity contribution in [2.75, 3.05) is 33.3 Å². The molecular weight excluding hydrogens is 278 g/mol. The van der Waals surface area contributed by atoms with E-state index in [4.69, 9.17) is 9.15 Å². The van der Waals surface area contributed by atoms with E-state index in [9.17, 15) is 0 Å². The molecule has 0 bridgehead atoms. The molecular formula is C17H29N3O2. The highest BCUT2D eigenvalue weighted by molar-refractivity contribution is 4.99. The predicted octanol–water partition coefficient (Wildman–Crippen LogP) is 2.48. The highest BCUT2D eigenvalue weighted by Gasteiger charge is 2.29. The van der Waals surface area contributed by atoms with E-state index in [-0.39, 0.29) is 0 Å². The average Bonchev–Trinajstić information content (AvgIpc) is 3.19. The summed E-state index contributed by atoms with van der Waals surface area (Å²) >= 11 is 0. The Morgan fingerprint density at radius 3 is 2.95 bits per heavy atom. The van der Waals surface area contributed by atoms with E-state index in [0.717, 1.165) is 37.9 Å². The van der Waals surface area contributed by atoms with Gasteiger partial charge in [0.25, 0.3) is 0 Å². The van der Waals surface area contributed by atoms with Crippen LogP contribution in [0.15, 0.2) is 10.6 Å². The van der Waals surface area contributed by atoms with Crippen LogP contribution in [0.2, 0.25) is 0 Å². The van der Waals surface area contributed by atoms with Gasteiger partial charge in [-0.3, -0.25) is 9.80 Å². The van der Waals surface area contributed by atoms with Crippen LogP contribution in [-0.2, 0) is 11.3 Å². The lowest BCUT2D eigenvalue weighted by Gasteiger charge is -2.24. The molecule has 2 saturated heterocycles. The first kappa shape index (κ1) is 16.0. The minimum Gasteiger partial charge on any atom is -0.444 e. The van der Waals surface area contributed by atoms with E-state index in [1.54, 1.807) is 0 Å². The third-order valence-corrected chi connectivity index (χ3v) is 4.88. The minimum atomic E-state index is 0.403. The predicted molar refractivity (Wildman–Crippen MR) is 85.9 cm³/mol. The number of hydrogen-bond acceptors (Lipinski definition) is 5. The van der Waals surface area contributed by atoms with E-state index in [2.05, 4.69) is 35.7 Å². The third-order valence-electron chi connectivity index (χ3n) is 4.88. The molecule has 2 fully saturated rings. The Kier molecular flexibility index (Phi) is 5.16. The fourth-order valence-corrected chi connectivity index (χ4v) is 3.42. The van der Waals surface area contributed by atoms with E-state index < -0.39 is 0 Å². The molecule has 124 valence electrons. The van der Waals surface area contributed by atoms with Crippen LogP contribution in [0.4, 0.5) is 0 Å². The van der Waals surface area contributed by atoms with Gasteiger partial charge in [0.2, 0.25) is 5.89 Å². The van der Waals surface area contributed by atoms with Gasteiger partial charge in [-0.2, -0.15) is 0 Å². The molecule has 2 aliphatic heterocycles. The summed E-state index contributed by atoms with van der Waals surface area (Å²) in [5.74, 6) is 2.22. The number of nitrogens with zero attached hydrogens (tertiary/aromatic N) is 3. The maximum Gasteiger partial charge on any atom is 0.208 e. The summed E-state index contributed by atoms with van der Waals surface area (Å²) < 4.78 is 11.6. The highest BCUT2D eigenvalue weighted by Crippen LogP contribution is 2.21.